The molecule has 0 spiro atoms. The highest BCUT2D eigenvalue weighted by molar-refractivity contribution is 6.38. The number of hydrogen-bond acceptors (Lipinski definition) is 8. The van der Waals surface area contributed by atoms with Crippen molar-refractivity contribution in [3.05, 3.63) is 117 Å². The number of amides is 3. The van der Waals surface area contributed by atoms with E-state index in [0.29, 0.717) is 50.4 Å². The summed E-state index contributed by atoms with van der Waals surface area (Å²) in [4.78, 5) is 54.5. The summed E-state index contributed by atoms with van der Waals surface area (Å²) in [6, 6.07) is 17.8. The predicted molar refractivity (Wildman–Crippen MR) is 198 cm³/mol. The maximum Gasteiger partial charge on any atom is 0.258 e. The molecule has 5 aromatic rings. The number of benzene rings is 2. The van der Waals surface area contributed by atoms with Crippen molar-refractivity contribution < 1.29 is 19.1 Å². The number of carbonyl (C=O) groups is 3. The van der Waals surface area contributed by atoms with Crippen LogP contribution in [0.1, 0.15) is 32.9 Å². The van der Waals surface area contributed by atoms with Gasteiger partial charge in [0, 0.05) is 61.3 Å². The van der Waals surface area contributed by atoms with Crippen LogP contribution in [0.4, 0.5) is 17.2 Å². The average Bonchev–Trinajstić information content (AvgIpc) is 3.09. The Morgan fingerprint density at radius 2 is 1.70 bits per heavy atom. The van der Waals surface area contributed by atoms with E-state index in [1.54, 1.807) is 62.6 Å². The van der Waals surface area contributed by atoms with Gasteiger partial charge in [-0.2, -0.15) is 0 Å². The Morgan fingerprint density at radius 3 is 2.42 bits per heavy atom. The van der Waals surface area contributed by atoms with Gasteiger partial charge in [0.1, 0.15) is 12.4 Å². The second kappa shape index (κ2) is 15.8. The van der Waals surface area contributed by atoms with Crippen LogP contribution in [0.3, 0.4) is 0 Å². The van der Waals surface area contributed by atoms with Crippen molar-refractivity contribution in [2.24, 2.45) is 0 Å². The zero-order chi connectivity index (χ0) is 35.9. The van der Waals surface area contributed by atoms with Gasteiger partial charge in [-0.15, -0.1) is 0 Å². The van der Waals surface area contributed by atoms with Gasteiger partial charge in [-0.1, -0.05) is 41.4 Å². The summed E-state index contributed by atoms with van der Waals surface area (Å²) in [5.74, 6) is -0.262. The molecule has 3 amide bonds. The lowest BCUT2D eigenvalue weighted by Gasteiger charge is -2.23. The average molecular weight is 713 g/mol. The van der Waals surface area contributed by atoms with Gasteiger partial charge in [0.25, 0.3) is 5.91 Å². The van der Waals surface area contributed by atoms with E-state index in [2.05, 4.69) is 20.6 Å². The molecule has 2 N–H and O–H groups in total. The number of fused-ring (bicyclic) bond motifs is 1. The minimum absolute atomic E-state index is 0.0309. The van der Waals surface area contributed by atoms with E-state index >= 15 is 0 Å². The normalized spacial score (nSPS) is 11.0. The molecule has 0 aliphatic heterocycles. The summed E-state index contributed by atoms with van der Waals surface area (Å²) in [6.45, 7) is 3.38. The monoisotopic (exact) mass is 711 g/mol. The maximum absolute atomic E-state index is 13.1. The Morgan fingerprint density at radius 1 is 0.920 bits per heavy atom. The van der Waals surface area contributed by atoms with Crippen LogP contribution in [0.25, 0.3) is 17.0 Å². The van der Waals surface area contributed by atoms with Crippen LogP contribution in [0.15, 0.2) is 79.1 Å². The molecule has 11 nitrogen and oxygen atoms in total. The van der Waals surface area contributed by atoms with Gasteiger partial charge in [-0.25, -0.2) is 9.97 Å². The summed E-state index contributed by atoms with van der Waals surface area (Å²) in [5.41, 5.74) is 5.02. The van der Waals surface area contributed by atoms with Crippen LogP contribution in [0, 0.1) is 13.8 Å². The van der Waals surface area contributed by atoms with Gasteiger partial charge in [0.15, 0.2) is 5.75 Å². The summed E-state index contributed by atoms with van der Waals surface area (Å²) in [6.07, 6.45) is 5.96. The number of nitrogens with one attached hydrogen (secondary N) is 2. The van der Waals surface area contributed by atoms with Gasteiger partial charge < -0.3 is 25.2 Å². The minimum atomic E-state index is -0.483. The molecule has 0 unspecified atom stereocenters. The number of rotatable bonds is 11. The van der Waals surface area contributed by atoms with Crippen molar-refractivity contribution in [3.63, 3.8) is 0 Å². The molecule has 50 heavy (non-hydrogen) atoms. The number of pyridine rings is 3. The number of aryl methyl sites for hydroxylation is 2. The standard InChI is InChI=1S/C37H35Cl2N7O4/c1-22-25(10-8-18-40-22)37(49)44-31-16-12-24(19-41-31)13-17-32(47)42-20-33(48)46(5)30-15-14-28(38)27(34(30)39)21-50-36-23(2)43-29-11-7-6-9-26(29)35(36)45(3)4/h6-19H,20-21H2,1-5H3,(H,42,47)(H,41,44,49)/b17-13+. The van der Waals surface area contributed by atoms with Gasteiger partial charge in [0.05, 0.1) is 39.7 Å². The number of halogens is 2. The van der Waals surface area contributed by atoms with Gasteiger partial charge in [-0.05, 0) is 68.0 Å². The van der Waals surface area contributed by atoms with Crippen molar-refractivity contribution in [2.75, 3.05) is 42.8 Å². The molecule has 0 aliphatic rings. The number of hydrogen-bond donors (Lipinski definition) is 2. The molecule has 0 aliphatic carbocycles. The highest BCUT2D eigenvalue weighted by atomic mass is 35.5. The Balaban J connectivity index is 1.19. The predicted octanol–water partition coefficient (Wildman–Crippen LogP) is 6.64. The minimum Gasteiger partial charge on any atom is -0.485 e. The molecule has 13 heteroatoms. The summed E-state index contributed by atoms with van der Waals surface area (Å²) >= 11 is 13.4. The Hall–Kier alpha value is -5.52. The fraction of sp³-hybridized carbons (Fsp3) is 0.189. The van der Waals surface area contributed by atoms with Crippen LogP contribution < -0.4 is 25.2 Å². The molecular weight excluding hydrogens is 677 g/mol. The second-order valence-corrected chi connectivity index (χ2v) is 12.3. The summed E-state index contributed by atoms with van der Waals surface area (Å²) < 4.78 is 6.30. The van der Waals surface area contributed by atoms with Crippen molar-refractivity contribution in [3.8, 4) is 5.75 Å². The van der Waals surface area contributed by atoms with Crippen molar-refractivity contribution in [2.45, 2.75) is 20.5 Å². The molecule has 0 bridgehead atoms. The van der Waals surface area contributed by atoms with Crippen LogP contribution in [-0.4, -0.2) is 60.4 Å². The zero-order valence-electron chi connectivity index (χ0n) is 28.1. The van der Waals surface area contributed by atoms with Gasteiger partial charge in [0.2, 0.25) is 11.8 Å². The van der Waals surface area contributed by atoms with Crippen molar-refractivity contribution in [1.29, 1.82) is 0 Å². The Labute approximate surface area is 299 Å². The van der Waals surface area contributed by atoms with Gasteiger partial charge >= 0.3 is 0 Å². The third-order valence-corrected chi connectivity index (χ3v) is 8.60. The Bertz CT molecular complexity index is 2100. The molecule has 256 valence electrons. The molecule has 0 atom stereocenters. The molecule has 5 rings (SSSR count). The van der Waals surface area contributed by atoms with E-state index in [4.69, 9.17) is 32.9 Å². The first-order valence-corrected chi connectivity index (χ1v) is 16.3. The number of aromatic nitrogens is 3. The van der Waals surface area contributed by atoms with E-state index < -0.39 is 11.8 Å². The van der Waals surface area contributed by atoms with Crippen LogP contribution >= 0.6 is 23.2 Å². The second-order valence-electron chi connectivity index (χ2n) is 11.5. The fourth-order valence-corrected chi connectivity index (χ4v) is 5.77. The number of anilines is 3. The van der Waals surface area contributed by atoms with E-state index in [0.717, 1.165) is 16.6 Å². The maximum atomic E-state index is 13.1. The summed E-state index contributed by atoms with van der Waals surface area (Å²) in [5, 5.41) is 6.88. The molecule has 2 aromatic carbocycles. The first-order chi connectivity index (χ1) is 23.9. The lowest BCUT2D eigenvalue weighted by molar-refractivity contribution is -0.122. The number of nitrogens with zero attached hydrogens (tertiary/aromatic N) is 5. The molecule has 0 saturated carbocycles. The molecule has 0 fully saturated rings. The van der Waals surface area contributed by atoms with Crippen molar-refractivity contribution >= 4 is 75.1 Å². The van der Waals surface area contributed by atoms with E-state index in [9.17, 15) is 14.4 Å². The smallest absolute Gasteiger partial charge is 0.258 e. The quantitative estimate of drug-likeness (QED) is 0.146. The van der Waals surface area contributed by atoms with E-state index in [1.165, 1.54) is 17.2 Å². The van der Waals surface area contributed by atoms with Crippen molar-refractivity contribution in [1.82, 2.24) is 20.3 Å². The van der Waals surface area contributed by atoms with Crippen LogP contribution in [0.5, 0.6) is 5.75 Å². The molecular formula is C37H35Cl2N7O4. The van der Waals surface area contributed by atoms with E-state index in [-0.39, 0.29) is 24.1 Å². The topological polar surface area (TPSA) is 130 Å². The number of likely N-dealkylation sites (N-methyl/N-ethyl adjacent to an activating group) is 1. The third kappa shape index (κ3) is 8.19. The SMILES string of the molecule is Cc1ncccc1C(=O)Nc1ccc(/C=C/C(=O)NCC(=O)N(C)c2ccc(Cl)c(COc3c(C)nc4ccccc4c3N(C)C)c2Cl)cn1. The third-order valence-electron chi connectivity index (χ3n) is 7.82. The van der Waals surface area contributed by atoms with Gasteiger partial charge in [-0.3, -0.25) is 19.4 Å². The highest BCUT2D eigenvalue weighted by Gasteiger charge is 2.21. The number of carbonyl (C=O) groups excluding carboxylic acids is 3. The molecule has 0 radical (unpaired) electrons. The summed E-state index contributed by atoms with van der Waals surface area (Å²) in [7, 11) is 5.44. The largest absolute Gasteiger partial charge is 0.485 e. The van der Waals surface area contributed by atoms with Crippen LogP contribution in [-0.2, 0) is 16.2 Å². The number of ether oxygens (including phenoxy) is 1. The number of para-hydroxylation sites is 1. The lowest BCUT2D eigenvalue weighted by Crippen LogP contribution is -2.37. The molecule has 3 aromatic heterocycles. The van der Waals surface area contributed by atoms with Crippen LogP contribution in [0.2, 0.25) is 10.0 Å². The first-order valence-electron chi connectivity index (χ1n) is 15.5. The highest BCUT2D eigenvalue weighted by Crippen LogP contribution is 2.39. The fourth-order valence-electron chi connectivity index (χ4n) is 5.17. The lowest BCUT2D eigenvalue weighted by atomic mass is 10.1. The molecule has 0 saturated heterocycles. The zero-order valence-corrected chi connectivity index (χ0v) is 29.6. The molecule has 3 heterocycles. The van der Waals surface area contributed by atoms with E-state index in [1.807, 2.05) is 50.2 Å². The first kappa shape index (κ1) is 35.8. The Kier molecular flexibility index (Phi) is 11.3.